The summed E-state index contributed by atoms with van der Waals surface area (Å²) in [6.07, 6.45) is -0.468. The molecule has 1 unspecified atom stereocenters. The highest BCUT2D eigenvalue weighted by Crippen LogP contribution is 2.31. The zero-order valence-electron chi connectivity index (χ0n) is 8.19. The van der Waals surface area contributed by atoms with Gasteiger partial charge in [0.05, 0.1) is 17.2 Å². The molecule has 0 heterocycles. The quantitative estimate of drug-likeness (QED) is 0.792. The second-order valence-corrected chi connectivity index (χ2v) is 3.91. The Bertz CT molecular complexity index is 381. The van der Waals surface area contributed by atoms with Crippen molar-refractivity contribution in [1.82, 2.24) is 0 Å². The van der Waals surface area contributed by atoms with E-state index in [1.165, 1.54) is 12.1 Å². The van der Waals surface area contributed by atoms with Crippen LogP contribution in [0.5, 0.6) is 5.75 Å². The number of halogens is 2. The summed E-state index contributed by atoms with van der Waals surface area (Å²) in [5, 5.41) is 18.2. The maximum atomic E-state index is 10.7. The molecule has 0 fully saturated rings. The Hall–Kier alpha value is -0.810. The van der Waals surface area contributed by atoms with Crippen LogP contribution in [0.4, 0.5) is 0 Å². The Labute approximate surface area is 102 Å². The highest BCUT2D eigenvalue weighted by Gasteiger charge is 2.12. The molecule has 0 spiro atoms. The highest BCUT2D eigenvalue weighted by atomic mass is 35.5. The van der Waals surface area contributed by atoms with E-state index < -0.39 is 12.7 Å². The maximum Gasteiger partial charge on any atom is 0.153 e. The summed E-state index contributed by atoms with van der Waals surface area (Å²) in [6, 6.07) is 2.83. The van der Waals surface area contributed by atoms with Gasteiger partial charge < -0.3 is 14.9 Å². The van der Waals surface area contributed by atoms with Gasteiger partial charge >= 0.3 is 0 Å². The normalized spacial score (nSPS) is 12.2. The molecule has 0 aromatic heterocycles. The van der Waals surface area contributed by atoms with Crippen LogP contribution in [-0.4, -0.2) is 35.8 Å². The zero-order valence-corrected chi connectivity index (χ0v) is 9.70. The van der Waals surface area contributed by atoms with Crippen molar-refractivity contribution in [2.75, 3.05) is 13.2 Å². The fourth-order valence-corrected chi connectivity index (χ4v) is 1.62. The standard InChI is InChI=1S/C10H10Cl2O4/c11-7-1-6(3-13)10(9(12)2-7)16-5-8(15)4-14/h1-3,8,14-15H,4-5H2. The predicted octanol–water partition coefficient (Wildman–Crippen LogP) is 1.54. The van der Waals surface area contributed by atoms with E-state index in [0.717, 1.165) is 0 Å². The highest BCUT2D eigenvalue weighted by molar-refractivity contribution is 6.36. The van der Waals surface area contributed by atoms with Crippen LogP contribution in [0.25, 0.3) is 0 Å². The summed E-state index contributed by atoms with van der Waals surface area (Å²) in [5.41, 5.74) is 0.197. The van der Waals surface area contributed by atoms with E-state index >= 15 is 0 Å². The van der Waals surface area contributed by atoms with Crippen molar-refractivity contribution in [1.29, 1.82) is 0 Å². The molecule has 4 nitrogen and oxygen atoms in total. The van der Waals surface area contributed by atoms with E-state index in [1.807, 2.05) is 0 Å². The van der Waals surface area contributed by atoms with Crippen molar-refractivity contribution in [2.24, 2.45) is 0 Å². The average Bonchev–Trinajstić information content (AvgIpc) is 2.26. The Morgan fingerprint density at radius 2 is 2.12 bits per heavy atom. The molecule has 16 heavy (non-hydrogen) atoms. The van der Waals surface area contributed by atoms with Crippen molar-refractivity contribution in [3.63, 3.8) is 0 Å². The van der Waals surface area contributed by atoms with E-state index in [0.29, 0.717) is 11.3 Å². The third-order valence-corrected chi connectivity index (χ3v) is 2.29. The van der Waals surface area contributed by atoms with Crippen LogP contribution >= 0.6 is 23.2 Å². The van der Waals surface area contributed by atoms with Gasteiger partial charge in [0.1, 0.15) is 18.5 Å². The summed E-state index contributed by atoms with van der Waals surface area (Å²) in [4.78, 5) is 10.7. The molecule has 1 aromatic carbocycles. The Balaban J connectivity index is 2.89. The molecule has 0 amide bonds. The number of rotatable bonds is 5. The Morgan fingerprint density at radius 3 is 2.69 bits per heavy atom. The third kappa shape index (κ3) is 3.35. The first kappa shape index (κ1) is 13.3. The largest absolute Gasteiger partial charge is 0.488 e. The van der Waals surface area contributed by atoms with Crippen LogP contribution < -0.4 is 4.74 Å². The molecule has 0 aliphatic heterocycles. The van der Waals surface area contributed by atoms with Gasteiger partial charge in [-0.1, -0.05) is 23.2 Å². The maximum absolute atomic E-state index is 10.7. The number of aldehydes is 1. The molecule has 88 valence electrons. The molecule has 0 saturated carbocycles. The van der Waals surface area contributed by atoms with Crippen LogP contribution in [0.1, 0.15) is 10.4 Å². The van der Waals surface area contributed by atoms with Gasteiger partial charge in [0.2, 0.25) is 0 Å². The van der Waals surface area contributed by atoms with Gasteiger partial charge in [-0.05, 0) is 12.1 Å². The zero-order chi connectivity index (χ0) is 12.1. The van der Waals surface area contributed by atoms with Crippen LogP contribution in [0.2, 0.25) is 10.0 Å². The lowest BCUT2D eigenvalue weighted by Crippen LogP contribution is -2.21. The lowest BCUT2D eigenvalue weighted by Gasteiger charge is -2.13. The molecule has 1 rings (SSSR count). The van der Waals surface area contributed by atoms with Gasteiger partial charge in [-0.25, -0.2) is 0 Å². The summed E-state index contributed by atoms with van der Waals surface area (Å²) in [6.45, 7) is -0.583. The molecule has 0 radical (unpaired) electrons. The molecule has 1 atom stereocenters. The van der Waals surface area contributed by atoms with Crippen LogP contribution in [0.15, 0.2) is 12.1 Å². The molecule has 2 N–H and O–H groups in total. The first-order valence-electron chi connectivity index (χ1n) is 4.44. The number of hydrogen-bond acceptors (Lipinski definition) is 4. The minimum Gasteiger partial charge on any atom is -0.488 e. The van der Waals surface area contributed by atoms with Crippen LogP contribution in [-0.2, 0) is 0 Å². The number of benzene rings is 1. The van der Waals surface area contributed by atoms with Gasteiger partial charge in [-0.15, -0.1) is 0 Å². The molecular formula is C10H10Cl2O4. The fourth-order valence-electron chi connectivity index (χ4n) is 1.05. The number of ether oxygens (including phenoxy) is 1. The number of aliphatic hydroxyl groups is 2. The molecule has 0 aliphatic rings. The third-order valence-electron chi connectivity index (χ3n) is 1.79. The van der Waals surface area contributed by atoms with Crippen molar-refractivity contribution < 1.29 is 19.7 Å². The minimum absolute atomic E-state index is 0.147. The van der Waals surface area contributed by atoms with Gasteiger partial charge in [0.25, 0.3) is 0 Å². The molecule has 0 saturated heterocycles. The second kappa shape index (κ2) is 6.06. The van der Waals surface area contributed by atoms with Crippen molar-refractivity contribution in [2.45, 2.75) is 6.10 Å². The summed E-state index contributed by atoms with van der Waals surface area (Å²) >= 11 is 11.5. The second-order valence-electron chi connectivity index (χ2n) is 3.07. The van der Waals surface area contributed by atoms with E-state index in [1.54, 1.807) is 0 Å². The van der Waals surface area contributed by atoms with Crippen LogP contribution in [0, 0.1) is 0 Å². The van der Waals surface area contributed by atoms with E-state index in [2.05, 4.69) is 0 Å². The van der Waals surface area contributed by atoms with Gasteiger partial charge in [0, 0.05) is 5.02 Å². The van der Waals surface area contributed by atoms with Gasteiger partial charge in [-0.3, -0.25) is 4.79 Å². The fraction of sp³-hybridized carbons (Fsp3) is 0.300. The van der Waals surface area contributed by atoms with E-state index in [-0.39, 0.29) is 22.9 Å². The molecular weight excluding hydrogens is 255 g/mol. The summed E-state index contributed by atoms with van der Waals surface area (Å²) < 4.78 is 5.13. The van der Waals surface area contributed by atoms with Crippen molar-refractivity contribution in [3.05, 3.63) is 27.7 Å². The number of hydrogen-bond donors (Lipinski definition) is 2. The monoisotopic (exact) mass is 264 g/mol. The first-order valence-corrected chi connectivity index (χ1v) is 5.20. The van der Waals surface area contributed by atoms with E-state index in [9.17, 15) is 4.79 Å². The lowest BCUT2D eigenvalue weighted by atomic mass is 10.2. The van der Waals surface area contributed by atoms with Gasteiger partial charge in [-0.2, -0.15) is 0 Å². The SMILES string of the molecule is O=Cc1cc(Cl)cc(Cl)c1OCC(O)CO. The molecule has 0 aliphatic carbocycles. The first-order chi connectivity index (χ1) is 7.58. The number of carbonyl (C=O) groups is 1. The van der Waals surface area contributed by atoms with E-state index in [4.69, 9.17) is 38.2 Å². The molecule has 6 heteroatoms. The number of carbonyl (C=O) groups excluding carboxylic acids is 1. The molecule has 1 aromatic rings. The average molecular weight is 265 g/mol. The van der Waals surface area contributed by atoms with Gasteiger partial charge in [0.15, 0.2) is 6.29 Å². The Morgan fingerprint density at radius 1 is 1.44 bits per heavy atom. The Kier molecular flexibility index (Phi) is 5.02. The smallest absolute Gasteiger partial charge is 0.153 e. The minimum atomic E-state index is -1.02. The van der Waals surface area contributed by atoms with Crippen molar-refractivity contribution in [3.8, 4) is 5.75 Å². The summed E-state index contributed by atoms with van der Waals surface area (Å²) in [7, 11) is 0. The molecule has 0 bridgehead atoms. The van der Waals surface area contributed by atoms with Crippen LogP contribution in [0.3, 0.4) is 0 Å². The predicted molar refractivity (Wildman–Crippen MR) is 60.4 cm³/mol. The number of aliphatic hydroxyl groups excluding tert-OH is 2. The summed E-state index contributed by atoms with van der Waals surface area (Å²) in [5.74, 6) is 0.147. The van der Waals surface area contributed by atoms with Crippen molar-refractivity contribution >= 4 is 29.5 Å². The lowest BCUT2D eigenvalue weighted by molar-refractivity contribution is 0.0533. The topological polar surface area (TPSA) is 66.8 Å².